The highest BCUT2D eigenvalue weighted by Gasteiger charge is 2.29. The number of ether oxygens (including phenoxy) is 1. The first-order chi connectivity index (χ1) is 6.03. The average Bonchev–Trinajstić information content (AvgIpc) is 2.02. The Bertz CT molecular complexity index is 189. The van der Waals surface area contributed by atoms with Gasteiger partial charge in [0.25, 0.3) is 0 Å². The monoisotopic (exact) mass is 204 g/mol. The second-order valence-corrected chi connectivity index (χ2v) is 4.77. The Kier molecular flexibility index (Phi) is 3.60. The maximum Gasteiger partial charge on any atom is 0.321 e. The Morgan fingerprint density at radius 3 is 2.85 bits per heavy atom. The van der Waals surface area contributed by atoms with Crippen LogP contribution in [-0.2, 0) is 9.53 Å². The molecule has 0 saturated heterocycles. The van der Waals surface area contributed by atoms with Gasteiger partial charge in [-0.05, 0) is 31.1 Å². The largest absolute Gasteiger partial charge is 0.461 e. The van der Waals surface area contributed by atoms with Crippen LogP contribution in [0.3, 0.4) is 0 Å². The standard InChI is InChI=1S/C10H17ClO2/c1-10(2)5-3-4-8(6-10)13-9(12)7-11/h8H,3-7H2,1-2H3. The van der Waals surface area contributed by atoms with E-state index >= 15 is 0 Å². The molecule has 1 unspecified atom stereocenters. The van der Waals surface area contributed by atoms with E-state index in [-0.39, 0.29) is 18.0 Å². The summed E-state index contributed by atoms with van der Waals surface area (Å²) >= 11 is 5.37. The lowest BCUT2D eigenvalue weighted by molar-refractivity contribution is -0.149. The van der Waals surface area contributed by atoms with Crippen LogP contribution in [0.1, 0.15) is 39.5 Å². The molecule has 1 aliphatic carbocycles. The van der Waals surface area contributed by atoms with Crippen LogP contribution < -0.4 is 0 Å². The molecule has 76 valence electrons. The van der Waals surface area contributed by atoms with Gasteiger partial charge in [-0.2, -0.15) is 0 Å². The SMILES string of the molecule is CC1(C)CCCC(OC(=O)CCl)C1. The fourth-order valence-electron chi connectivity index (χ4n) is 1.95. The van der Waals surface area contributed by atoms with Crippen molar-refractivity contribution in [2.45, 2.75) is 45.6 Å². The highest BCUT2D eigenvalue weighted by molar-refractivity contribution is 6.26. The number of halogens is 1. The van der Waals surface area contributed by atoms with E-state index in [1.54, 1.807) is 0 Å². The molecule has 0 aromatic heterocycles. The van der Waals surface area contributed by atoms with E-state index in [9.17, 15) is 4.79 Å². The lowest BCUT2D eigenvalue weighted by Gasteiger charge is -2.34. The number of rotatable bonds is 2. The normalized spacial score (nSPS) is 26.8. The minimum atomic E-state index is -0.288. The molecule has 1 fully saturated rings. The number of carbonyl (C=O) groups excluding carboxylic acids is 1. The molecule has 0 bridgehead atoms. The predicted molar refractivity (Wildman–Crippen MR) is 52.8 cm³/mol. The van der Waals surface area contributed by atoms with E-state index in [0.717, 1.165) is 19.3 Å². The van der Waals surface area contributed by atoms with Crippen molar-refractivity contribution in [1.29, 1.82) is 0 Å². The zero-order valence-electron chi connectivity index (χ0n) is 8.31. The molecule has 3 heteroatoms. The van der Waals surface area contributed by atoms with Crippen LogP contribution in [0.4, 0.5) is 0 Å². The summed E-state index contributed by atoms with van der Waals surface area (Å²) in [4.78, 5) is 10.9. The van der Waals surface area contributed by atoms with Crippen molar-refractivity contribution in [2.75, 3.05) is 5.88 Å². The van der Waals surface area contributed by atoms with Crippen LogP contribution in [0.2, 0.25) is 0 Å². The van der Waals surface area contributed by atoms with Crippen LogP contribution in [0.5, 0.6) is 0 Å². The maximum atomic E-state index is 10.9. The van der Waals surface area contributed by atoms with Gasteiger partial charge in [0.05, 0.1) is 0 Å². The van der Waals surface area contributed by atoms with Crippen molar-refractivity contribution < 1.29 is 9.53 Å². The number of hydrogen-bond donors (Lipinski definition) is 0. The highest BCUT2D eigenvalue weighted by atomic mass is 35.5. The van der Waals surface area contributed by atoms with Crippen molar-refractivity contribution >= 4 is 17.6 Å². The van der Waals surface area contributed by atoms with Gasteiger partial charge >= 0.3 is 5.97 Å². The zero-order valence-corrected chi connectivity index (χ0v) is 9.06. The molecule has 2 nitrogen and oxygen atoms in total. The Morgan fingerprint density at radius 1 is 1.62 bits per heavy atom. The summed E-state index contributed by atoms with van der Waals surface area (Å²) in [5, 5.41) is 0. The summed E-state index contributed by atoms with van der Waals surface area (Å²) in [6.45, 7) is 4.43. The highest BCUT2D eigenvalue weighted by Crippen LogP contribution is 2.36. The summed E-state index contributed by atoms with van der Waals surface area (Å²) in [5.41, 5.74) is 0.315. The topological polar surface area (TPSA) is 26.3 Å². The van der Waals surface area contributed by atoms with E-state index in [2.05, 4.69) is 13.8 Å². The predicted octanol–water partition coefficient (Wildman–Crippen LogP) is 2.74. The van der Waals surface area contributed by atoms with Gasteiger partial charge in [-0.25, -0.2) is 0 Å². The fourth-order valence-corrected chi connectivity index (χ4v) is 2.01. The first-order valence-electron chi connectivity index (χ1n) is 4.79. The molecular formula is C10H17ClO2. The molecule has 0 N–H and O–H groups in total. The van der Waals surface area contributed by atoms with E-state index in [0.29, 0.717) is 5.41 Å². The second kappa shape index (κ2) is 4.32. The van der Waals surface area contributed by atoms with Crippen molar-refractivity contribution in [3.8, 4) is 0 Å². The minimum absolute atomic E-state index is 0.0308. The maximum absolute atomic E-state index is 10.9. The van der Waals surface area contributed by atoms with Gasteiger partial charge in [0.15, 0.2) is 0 Å². The zero-order chi connectivity index (χ0) is 9.90. The minimum Gasteiger partial charge on any atom is -0.461 e. The summed E-state index contributed by atoms with van der Waals surface area (Å²) in [7, 11) is 0. The Morgan fingerprint density at radius 2 is 2.31 bits per heavy atom. The van der Waals surface area contributed by atoms with Crippen molar-refractivity contribution in [1.82, 2.24) is 0 Å². The Balaban J connectivity index is 2.39. The molecule has 1 rings (SSSR count). The smallest absolute Gasteiger partial charge is 0.321 e. The van der Waals surface area contributed by atoms with Gasteiger partial charge in [-0.1, -0.05) is 13.8 Å². The second-order valence-electron chi connectivity index (χ2n) is 4.51. The molecular weight excluding hydrogens is 188 g/mol. The number of carbonyl (C=O) groups is 1. The van der Waals surface area contributed by atoms with Gasteiger partial charge in [0.1, 0.15) is 12.0 Å². The molecule has 0 aromatic rings. The van der Waals surface area contributed by atoms with Crippen molar-refractivity contribution in [3.05, 3.63) is 0 Å². The third kappa shape index (κ3) is 3.55. The van der Waals surface area contributed by atoms with Gasteiger partial charge in [-0.15, -0.1) is 11.6 Å². The average molecular weight is 205 g/mol. The molecule has 0 amide bonds. The van der Waals surface area contributed by atoms with Crippen LogP contribution in [-0.4, -0.2) is 18.0 Å². The van der Waals surface area contributed by atoms with E-state index in [1.165, 1.54) is 6.42 Å². The van der Waals surface area contributed by atoms with E-state index in [4.69, 9.17) is 16.3 Å². The van der Waals surface area contributed by atoms with Gasteiger partial charge in [-0.3, -0.25) is 4.79 Å². The third-order valence-electron chi connectivity index (χ3n) is 2.57. The Hall–Kier alpha value is -0.240. The molecule has 1 aliphatic rings. The lowest BCUT2D eigenvalue weighted by atomic mass is 9.76. The molecule has 13 heavy (non-hydrogen) atoms. The molecule has 0 aromatic carbocycles. The van der Waals surface area contributed by atoms with Gasteiger partial charge in [0, 0.05) is 0 Å². The summed E-state index contributed by atoms with van der Waals surface area (Å²) < 4.78 is 5.21. The molecule has 0 spiro atoms. The first kappa shape index (κ1) is 10.8. The summed E-state index contributed by atoms with van der Waals surface area (Å²) in [6.07, 6.45) is 4.42. The van der Waals surface area contributed by atoms with Crippen molar-refractivity contribution in [2.24, 2.45) is 5.41 Å². The quantitative estimate of drug-likeness (QED) is 0.511. The van der Waals surface area contributed by atoms with Gasteiger partial charge < -0.3 is 4.74 Å². The number of esters is 1. The molecule has 1 saturated carbocycles. The molecule has 0 heterocycles. The summed E-state index contributed by atoms with van der Waals surface area (Å²) in [6, 6.07) is 0. The molecule has 1 atom stereocenters. The number of alkyl halides is 1. The first-order valence-corrected chi connectivity index (χ1v) is 5.32. The lowest BCUT2D eigenvalue weighted by Crippen LogP contribution is -2.30. The molecule has 0 aliphatic heterocycles. The van der Waals surface area contributed by atoms with E-state index in [1.807, 2.05) is 0 Å². The summed E-state index contributed by atoms with van der Waals surface area (Å²) in [5.74, 6) is -0.318. The van der Waals surface area contributed by atoms with E-state index < -0.39 is 0 Å². The Labute approximate surface area is 84.6 Å². The third-order valence-corrected chi connectivity index (χ3v) is 2.79. The van der Waals surface area contributed by atoms with Crippen LogP contribution in [0, 0.1) is 5.41 Å². The van der Waals surface area contributed by atoms with Crippen LogP contribution in [0.15, 0.2) is 0 Å². The molecule has 0 radical (unpaired) electrons. The number of hydrogen-bond acceptors (Lipinski definition) is 2. The van der Waals surface area contributed by atoms with Gasteiger partial charge in [0.2, 0.25) is 0 Å². The van der Waals surface area contributed by atoms with Crippen molar-refractivity contribution in [3.63, 3.8) is 0 Å². The van der Waals surface area contributed by atoms with Crippen LogP contribution >= 0.6 is 11.6 Å². The van der Waals surface area contributed by atoms with Crippen LogP contribution in [0.25, 0.3) is 0 Å². The fraction of sp³-hybridized carbons (Fsp3) is 0.900.